The van der Waals surface area contributed by atoms with Crippen LogP contribution in [0.15, 0.2) is 18.2 Å². The number of hydrogen-bond acceptors (Lipinski definition) is 2. The molecule has 3 N–H and O–H groups in total. The molecular formula is C13H16N2O. The van der Waals surface area contributed by atoms with Gasteiger partial charge in [-0.3, -0.25) is 4.79 Å². The molecule has 3 heteroatoms. The van der Waals surface area contributed by atoms with Crippen LogP contribution < -0.4 is 11.1 Å². The Labute approximate surface area is 96.0 Å². The van der Waals surface area contributed by atoms with Gasteiger partial charge in [0.15, 0.2) is 0 Å². The van der Waals surface area contributed by atoms with E-state index < -0.39 is 0 Å². The third kappa shape index (κ3) is 3.03. The SMILES string of the molecule is CC#CCCNC(=O)c1cccc(N)c1C. The van der Waals surface area contributed by atoms with Gasteiger partial charge in [0.1, 0.15) is 0 Å². The van der Waals surface area contributed by atoms with Crippen LogP contribution in [0, 0.1) is 18.8 Å². The second-order valence-electron chi connectivity index (χ2n) is 3.45. The largest absolute Gasteiger partial charge is 0.398 e. The van der Waals surface area contributed by atoms with E-state index in [1.54, 1.807) is 25.1 Å². The highest BCUT2D eigenvalue weighted by Gasteiger charge is 2.08. The maximum absolute atomic E-state index is 11.8. The summed E-state index contributed by atoms with van der Waals surface area (Å²) in [6, 6.07) is 5.34. The molecule has 84 valence electrons. The van der Waals surface area contributed by atoms with Gasteiger partial charge in [-0.15, -0.1) is 11.8 Å². The van der Waals surface area contributed by atoms with Gasteiger partial charge in [-0.2, -0.15) is 0 Å². The molecule has 1 rings (SSSR count). The van der Waals surface area contributed by atoms with Crippen molar-refractivity contribution >= 4 is 11.6 Å². The van der Waals surface area contributed by atoms with Crippen molar-refractivity contribution in [2.75, 3.05) is 12.3 Å². The van der Waals surface area contributed by atoms with Crippen molar-refractivity contribution in [1.82, 2.24) is 5.32 Å². The van der Waals surface area contributed by atoms with Gasteiger partial charge >= 0.3 is 0 Å². The molecule has 0 aliphatic carbocycles. The fraction of sp³-hybridized carbons (Fsp3) is 0.308. The van der Waals surface area contributed by atoms with E-state index in [0.717, 1.165) is 5.56 Å². The van der Waals surface area contributed by atoms with Crippen molar-refractivity contribution < 1.29 is 4.79 Å². The molecule has 3 nitrogen and oxygen atoms in total. The molecule has 1 aromatic rings. The van der Waals surface area contributed by atoms with Gasteiger partial charge in [0.05, 0.1) is 0 Å². The highest BCUT2D eigenvalue weighted by Crippen LogP contribution is 2.14. The average molecular weight is 216 g/mol. The fourth-order valence-electron chi connectivity index (χ4n) is 1.36. The third-order valence-corrected chi connectivity index (χ3v) is 2.33. The second kappa shape index (κ2) is 5.82. The Morgan fingerprint density at radius 1 is 1.50 bits per heavy atom. The van der Waals surface area contributed by atoms with Crippen LogP contribution in [0.5, 0.6) is 0 Å². The summed E-state index contributed by atoms with van der Waals surface area (Å²) < 4.78 is 0. The molecule has 0 aliphatic heterocycles. The summed E-state index contributed by atoms with van der Waals surface area (Å²) >= 11 is 0. The third-order valence-electron chi connectivity index (χ3n) is 2.33. The lowest BCUT2D eigenvalue weighted by molar-refractivity contribution is 0.0954. The average Bonchev–Trinajstić information content (AvgIpc) is 2.28. The predicted molar refractivity (Wildman–Crippen MR) is 66.0 cm³/mol. The van der Waals surface area contributed by atoms with Crippen molar-refractivity contribution in [3.05, 3.63) is 29.3 Å². The topological polar surface area (TPSA) is 55.1 Å². The number of nitrogen functional groups attached to an aromatic ring is 1. The molecule has 0 aromatic heterocycles. The first-order valence-electron chi connectivity index (χ1n) is 5.19. The number of carbonyl (C=O) groups excluding carboxylic acids is 1. The van der Waals surface area contributed by atoms with Crippen LogP contribution >= 0.6 is 0 Å². The molecule has 0 unspecified atom stereocenters. The first-order valence-corrected chi connectivity index (χ1v) is 5.19. The maximum atomic E-state index is 11.8. The van der Waals surface area contributed by atoms with Gasteiger partial charge < -0.3 is 11.1 Å². The summed E-state index contributed by atoms with van der Waals surface area (Å²) in [6.45, 7) is 4.19. The van der Waals surface area contributed by atoms with Crippen molar-refractivity contribution in [3.63, 3.8) is 0 Å². The highest BCUT2D eigenvalue weighted by molar-refractivity contribution is 5.96. The number of amides is 1. The van der Waals surface area contributed by atoms with E-state index in [2.05, 4.69) is 17.2 Å². The van der Waals surface area contributed by atoms with Crippen LogP contribution in [-0.4, -0.2) is 12.5 Å². The fourth-order valence-corrected chi connectivity index (χ4v) is 1.36. The molecule has 1 amide bonds. The van der Waals surface area contributed by atoms with E-state index in [1.165, 1.54) is 0 Å². The molecule has 0 fully saturated rings. The number of carbonyl (C=O) groups is 1. The van der Waals surface area contributed by atoms with E-state index in [-0.39, 0.29) is 5.91 Å². The monoisotopic (exact) mass is 216 g/mol. The van der Waals surface area contributed by atoms with Crippen molar-refractivity contribution in [2.24, 2.45) is 0 Å². The summed E-state index contributed by atoms with van der Waals surface area (Å²) in [5.74, 6) is 5.58. The molecule has 0 heterocycles. The Balaban J connectivity index is 2.65. The maximum Gasteiger partial charge on any atom is 0.251 e. The summed E-state index contributed by atoms with van der Waals surface area (Å²) in [5.41, 5.74) is 7.82. The van der Waals surface area contributed by atoms with Gasteiger partial charge in [0.25, 0.3) is 5.91 Å². The predicted octanol–water partition coefficient (Wildman–Crippen LogP) is 1.72. The van der Waals surface area contributed by atoms with Crippen LogP contribution in [0.1, 0.15) is 29.3 Å². The van der Waals surface area contributed by atoms with Crippen LogP contribution in [-0.2, 0) is 0 Å². The molecule has 0 atom stereocenters. The Morgan fingerprint density at radius 2 is 2.25 bits per heavy atom. The molecule has 0 radical (unpaired) electrons. The molecular weight excluding hydrogens is 200 g/mol. The Hall–Kier alpha value is -1.95. The molecule has 0 spiro atoms. The van der Waals surface area contributed by atoms with Crippen LogP contribution in [0.2, 0.25) is 0 Å². The normalized spacial score (nSPS) is 9.12. The van der Waals surface area contributed by atoms with E-state index in [9.17, 15) is 4.79 Å². The van der Waals surface area contributed by atoms with Crippen LogP contribution in [0.25, 0.3) is 0 Å². The zero-order chi connectivity index (χ0) is 12.0. The Morgan fingerprint density at radius 3 is 2.94 bits per heavy atom. The van der Waals surface area contributed by atoms with Gasteiger partial charge in [-0.1, -0.05) is 6.07 Å². The smallest absolute Gasteiger partial charge is 0.251 e. The lowest BCUT2D eigenvalue weighted by atomic mass is 10.1. The first-order chi connectivity index (χ1) is 7.66. The lowest BCUT2D eigenvalue weighted by Crippen LogP contribution is -2.25. The minimum absolute atomic E-state index is 0.0947. The molecule has 1 aromatic carbocycles. The molecule has 0 aliphatic rings. The van der Waals surface area contributed by atoms with Crippen LogP contribution in [0.3, 0.4) is 0 Å². The van der Waals surface area contributed by atoms with Crippen molar-refractivity contribution in [1.29, 1.82) is 0 Å². The number of hydrogen-bond donors (Lipinski definition) is 2. The Bertz CT molecular complexity index is 441. The Kier molecular flexibility index (Phi) is 4.41. The summed E-state index contributed by atoms with van der Waals surface area (Å²) in [6.07, 6.45) is 0.670. The minimum Gasteiger partial charge on any atom is -0.398 e. The first kappa shape index (κ1) is 12.1. The van der Waals surface area contributed by atoms with Crippen molar-refractivity contribution in [3.8, 4) is 11.8 Å². The minimum atomic E-state index is -0.0947. The number of anilines is 1. The summed E-state index contributed by atoms with van der Waals surface area (Å²) in [7, 11) is 0. The van der Waals surface area contributed by atoms with Gasteiger partial charge in [-0.05, 0) is 31.5 Å². The standard InChI is InChI=1S/C13H16N2O/c1-3-4-5-9-15-13(16)11-7-6-8-12(14)10(11)2/h6-8H,5,9,14H2,1-2H3,(H,15,16). The quantitative estimate of drug-likeness (QED) is 0.459. The van der Waals surface area contributed by atoms with Crippen molar-refractivity contribution in [2.45, 2.75) is 20.3 Å². The van der Waals surface area contributed by atoms with Gasteiger partial charge in [-0.25, -0.2) is 0 Å². The zero-order valence-electron chi connectivity index (χ0n) is 9.63. The molecule has 0 bridgehead atoms. The molecule has 0 saturated heterocycles. The van der Waals surface area contributed by atoms with E-state index in [4.69, 9.17) is 5.73 Å². The summed E-state index contributed by atoms with van der Waals surface area (Å²) in [5, 5.41) is 2.80. The van der Waals surface area contributed by atoms with E-state index in [1.807, 2.05) is 6.92 Å². The number of nitrogens with two attached hydrogens (primary N) is 1. The molecule has 16 heavy (non-hydrogen) atoms. The number of benzene rings is 1. The second-order valence-corrected chi connectivity index (χ2v) is 3.45. The molecule has 0 saturated carbocycles. The number of rotatable bonds is 3. The zero-order valence-corrected chi connectivity index (χ0v) is 9.63. The van der Waals surface area contributed by atoms with E-state index >= 15 is 0 Å². The van der Waals surface area contributed by atoms with Gasteiger partial charge in [0, 0.05) is 24.2 Å². The summed E-state index contributed by atoms with van der Waals surface area (Å²) in [4.78, 5) is 11.8. The van der Waals surface area contributed by atoms with Gasteiger partial charge in [0.2, 0.25) is 0 Å². The lowest BCUT2D eigenvalue weighted by Gasteiger charge is -2.08. The highest BCUT2D eigenvalue weighted by atomic mass is 16.1. The number of nitrogens with one attached hydrogen (secondary N) is 1. The van der Waals surface area contributed by atoms with E-state index in [0.29, 0.717) is 24.2 Å². The van der Waals surface area contributed by atoms with Crippen LogP contribution in [0.4, 0.5) is 5.69 Å².